The van der Waals surface area contributed by atoms with E-state index in [1.165, 1.54) is 0 Å². The summed E-state index contributed by atoms with van der Waals surface area (Å²) in [5, 5.41) is 0.826. The lowest BCUT2D eigenvalue weighted by Crippen LogP contribution is -1.99. The summed E-state index contributed by atoms with van der Waals surface area (Å²) in [4.78, 5) is 15.1. The van der Waals surface area contributed by atoms with Crippen LogP contribution in [0, 0.1) is 0 Å². The molecule has 6 heteroatoms. The van der Waals surface area contributed by atoms with E-state index in [1.807, 2.05) is 6.92 Å². The number of aldehydes is 1. The van der Waals surface area contributed by atoms with Crippen LogP contribution in [0.3, 0.4) is 0 Å². The van der Waals surface area contributed by atoms with E-state index in [2.05, 4.69) is 4.98 Å². The van der Waals surface area contributed by atoms with Gasteiger partial charge >= 0.3 is 0 Å². The number of hydrogen-bond donors (Lipinski definition) is 0. The fourth-order valence-corrected chi connectivity index (χ4v) is 1.94. The maximum Gasteiger partial charge on any atom is 0.233 e. The van der Waals surface area contributed by atoms with Crippen LogP contribution in [0.15, 0.2) is 30.3 Å². The monoisotopic (exact) mass is 311 g/mol. The van der Waals surface area contributed by atoms with E-state index < -0.39 is 0 Å². The fraction of sp³-hybridized carbons (Fsp3) is 0.143. The first-order valence-electron chi connectivity index (χ1n) is 5.86. The van der Waals surface area contributed by atoms with Crippen molar-refractivity contribution in [1.82, 2.24) is 4.98 Å². The molecule has 0 aliphatic rings. The highest BCUT2D eigenvalue weighted by Gasteiger charge is 2.11. The van der Waals surface area contributed by atoms with Crippen molar-refractivity contribution in [2.75, 3.05) is 6.61 Å². The Labute approximate surface area is 126 Å². The minimum absolute atomic E-state index is 0.134. The van der Waals surface area contributed by atoms with Crippen LogP contribution in [0.1, 0.15) is 17.3 Å². The van der Waals surface area contributed by atoms with Gasteiger partial charge in [-0.15, -0.1) is 0 Å². The number of pyridine rings is 1. The Morgan fingerprint density at radius 1 is 1.25 bits per heavy atom. The number of rotatable bonds is 5. The Hall–Kier alpha value is -1.78. The highest BCUT2D eigenvalue weighted by Crippen LogP contribution is 2.32. The smallest absolute Gasteiger partial charge is 0.233 e. The number of halogens is 2. The zero-order valence-corrected chi connectivity index (χ0v) is 12.1. The average Bonchev–Trinajstić information content (AvgIpc) is 2.43. The van der Waals surface area contributed by atoms with E-state index in [0.717, 1.165) is 0 Å². The van der Waals surface area contributed by atoms with Gasteiger partial charge < -0.3 is 9.47 Å². The number of hydrogen-bond acceptors (Lipinski definition) is 4. The second-order valence-corrected chi connectivity index (χ2v) is 4.62. The van der Waals surface area contributed by atoms with Gasteiger partial charge in [0.05, 0.1) is 17.2 Å². The molecule has 104 valence electrons. The molecule has 2 rings (SSSR count). The highest BCUT2D eigenvalue weighted by atomic mass is 35.5. The Kier molecular flexibility index (Phi) is 4.82. The van der Waals surface area contributed by atoms with E-state index in [4.69, 9.17) is 32.7 Å². The first-order chi connectivity index (χ1) is 9.63. The van der Waals surface area contributed by atoms with E-state index in [0.29, 0.717) is 40.1 Å². The van der Waals surface area contributed by atoms with Gasteiger partial charge in [-0.2, -0.15) is 4.98 Å². The largest absolute Gasteiger partial charge is 0.478 e. The summed E-state index contributed by atoms with van der Waals surface area (Å²) in [6.45, 7) is 2.31. The van der Waals surface area contributed by atoms with Gasteiger partial charge in [-0.25, -0.2) is 0 Å². The second kappa shape index (κ2) is 6.59. The summed E-state index contributed by atoms with van der Waals surface area (Å²) in [5.41, 5.74) is 0.305. The maximum atomic E-state index is 11.0. The van der Waals surface area contributed by atoms with E-state index >= 15 is 0 Å². The topological polar surface area (TPSA) is 48.4 Å². The maximum absolute atomic E-state index is 11.0. The summed E-state index contributed by atoms with van der Waals surface area (Å²) in [7, 11) is 0. The minimum atomic E-state index is 0.134. The summed E-state index contributed by atoms with van der Waals surface area (Å²) >= 11 is 11.8. The molecule has 0 saturated carbocycles. The summed E-state index contributed by atoms with van der Waals surface area (Å²) in [6.07, 6.45) is 0.655. The molecule has 0 saturated heterocycles. The molecular formula is C14H11Cl2NO3. The Morgan fingerprint density at radius 3 is 2.70 bits per heavy atom. The van der Waals surface area contributed by atoms with Crippen molar-refractivity contribution >= 4 is 29.5 Å². The molecule has 0 spiro atoms. The van der Waals surface area contributed by atoms with E-state index in [1.54, 1.807) is 30.3 Å². The first-order valence-corrected chi connectivity index (χ1v) is 6.61. The summed E-state index contributed by atoms with van der Waals surface area (Å²) in [5.74, 6) is 0.869. The molecule has 20 heavy (non-hydrogen) atoms. The Balaban J connectivity index is 2.35. The summed E-state index contributed by atoms with van der Waals surface area (Å²) < 4.78 is 10.8. The number of carbonyl (C=O) groups is 1. The lowest BCUT2D eigenvalue weighted by atomic mass is 10.3. The van der Waals surface area contributed by atoms with Gasteiger partial charge in [0.15, 0.2) is 6.29 Å². The van der Waals surface area contributed by atoms with Crippen molar-refractivity contribution in [2.45, 2.75) is 6.92 Å². The molecule has 0 aliphatic heterocycles. The van der Waals surface area contributed by atoms with Crippen molar-refractivity contribution in [3.8, 4) is 17.5 Å². The van der Waals surface area contributed by atoms with Crippen molar-refractivity contribution in [3.63, 3.8) is 0 Å². The van der Waals surface area contributed by atoms with E-state index in [-0.39, 0.29) is 5.88 Å². The molecule has 0 amide bonds. The van der Waals surface area contributed by atoms with Crippen LogP contribution in [0.2, 0.25) is 10.0 Å². The van der Waals surface area contributed by atoms with Gasteiger partial charge in [-0.1, -0.05) is 23.2 Å². The second-order valence-electron chi connectivity index (χ2n) is 3.77. The quantitative estimate of drug-likeness (QED) is 0.768. The van der Waals surface area contributed by atoms with Crippen molar-refractivity contribution in [2.24, 2.45) is 0 Å². The van der Waals surface area contributed by atoms with Crippen LogP contribution in [-0.2, 0) is 0 Å². The van der Waals surface area contributed by atoms with Crippen molar-refractivity contribution < 1.29 is 14.3 Å². The zero-order chi connectivity index (χ0) is 14.5. The van der Waals surface area contributed by atoms with Gasteiger partial charge in [-0.05, 0) is 31.2 Å². The third-order valence-electron chi connectivity index (χ3n) is 2.38. The van der Waals surface area contributed by atoms with Crippen molar-refractivity contribution in [3.05, 3.63) is 45.9 Å². The number of ether oxygens (including phenoxy) is 2. The molecule has 0 fully saturated rings. The number of benzene rings is 1. The molecule has 1 heterocycles. The zero-order valence-electron chi connectivity index (χ0n) is 10.6. The van der Waals surface area contributed by atoms with Gasteiger partial charge in [0.1, 0.15) is 5.75 Å². The molecule has 0 radical (unpaired) electrons. The predicted octanol–water partition coefficient (Wildman–Crippen LogP) is 4.39. The normalized spacial score (nSPS) is 10.2. The predicted molar refractivity (Wildman–Crippen MR) is 77.3 cm³/mol. The first kappa shape index (κ1) is 14.6. The number of nitrogens with zero attached hydrogens (tertiary/aromatic N) is 1. The molecule has 0 unspecified atom stereocenters. The van der Waals surface area contributed by atoms with Gasteiger partial charge in [0, 0.05) is 11.1 Å². The minimum Gasteiger partial charge on any atom is -0.478 e. The highest BCUT2D eigenvalue weighted by molar-refractivity contribution is 6.35. The molecule has 0 aliphatic carbocycles. The Morgan fingerprint density at radius 2 is 2.05 bits per heavy atom. The molecule has 2 aromatic rings. The third-order valence-corrected chi connectivity index (χ3v) is 2.91. The van der Waals surface area contributed by atoms with Gasteiger partial charge in [0.25, 0.3) is 0 Å². The van der Waals surface area contributed by atoms with Crippen molar-refractivity contribution in [1.29, 1.82) is 0 Å². The molecule has 1 aromatic carbocycles. The molecule has 4 nitrogen and oxygen atoms in total. The van der Waals surface area contributed by atoms with Crippen LogP contribution in [0.4, 0.5) is 0 Å². The molecular weight excluding hydrogens is 301 g/mol. The lowest BCUT2D eigenvalue weighted by molar-refractivity contribution is 0.112. The van der Waals surface area contributed by atoms with E-state index in [9.17, 15) is 4.79 Å². The number of aromatic nitrogens is 1. The molecule has 0 bridgehead atoms. The van der Waals surface area contributed by atoms with Gasteiger partial charge in [0.2, 0.25) is 11.8 Å². The van der Waals surface area contributed by atoms with Crippen LogP contribution >= 0.6 is 23.2 Å². The average molecular weight is 312 g/mol. The van der Waals surface area contributed by atoms with Crippen LogP contribution in [-0.4, -0.2) is 17.9 Å². The standard InChI is InChI=1S/C14H11Cl2NO3/c1-2-19-13-6-3-9(8-18)14(17-13)20-12-5-4-10(15)7-11(12)16/h3-8H,2H2,1H3. The third kappa shape index (κ3) is 3.40. The van der Waals surface area contributed by atoms with Crippen LogP contribution in [0.25, 0.3) is 0 Å². The van der Waals surface area contributed by atoms with Crippen LogP contribution in [0.5, 0.6) is 17.5 Å². The molecule has 0 atom stereocenters. The fourth-order valence-electron chi connectivity index (χ4n) is 1.50. The van der Waals surface area contributed by atoms with Gasteiger partial charge in [-0.3, -0.25) is 4.79 Å². The Bertz CT molecular complexity index is 632. The summed E-state index contributed by atoms with van der Waals surface area (Å²) in [6, 6.07) is 7.96. The molecule has 0 N–H and O–H groups in total. The molecule has 1 aromatic heterocycles. The van der Waals surface area contributed by atoms with Crippen LogP contribution < -0.4 is 9.47 Å². The SMILES string of the molecule is CCOc1ccc(C=O)c(Oc2ccc(Cl)cc2Cl)n1. The number of carbonyl (C=O) groups excluding carboxylic acids is 1. The lowest BCUT2D eigenvalue weighted by Gasteiger charge is -2.10.